The Balaban J connectivity index is 2.72. The normalized spacial score (nSPS) is 15.0. The highest BCUT2D eigenvalue weighted by Gasteiger charge is 2.13. The topological polar surface area (TPSA) is 20.2 Å². The lowest BCUT2D eigenvalue weighted by Crippen LogP contribution is -2.18. The van der Waals surface area contributed by atoms with Gasteiger partial charge in [0.05, 0.1) is 6.10 Å². The molecule has 0 fully saturated rings. The van der Waals surface area contributed by atoms with Gasteiger partial charge in [0.15, 0.2) is 0 Å². The molecule has 2 heteroatoms. The average Bonchev–Trinajstić information content (AvgIpc) is 2.20. The van der Waals surface area contributed by atoms with Crippen LogP contribution in [0.25, 0.3) is 0 Å². The number of hydrogen-bond donors (Lipinski definition) is 1. The Labute approximate surface area is 90.9 Å². The lowest BCUT2D eigenvalue weighted by atomic mass is 9.92. The van der Waals surface area contributed by atoms with Gasteiger partial charge in [-0.05, 0) is 48.9 Å². The highest BCUT2D eigenvalue weighted by Crippen LogP contribution is 2.18. The van der Waals surface area contributed by atoms with E-state index in [4.69, 9.17) is 0 Å². The van der Waals surface area contributed by atoms with Crippen molar-refractivity contribution in [2.75, 3.05) is 0 Å². The number of aryl methyl sites for hydroxylation is 1. The monoisotopic (exact) mass is 210 g/mol. The molecule has 0 aliphatic rings. The average molecular weight is 210 g/mol. The molecule has 2 unspecified atom stereocenters. The van der Waals surface area contributed by atoms with Crippen LogP contribution in [0.5, 0.6) is 0 Å². The number of rotatable bonds is 4. The molecule has 0 amide bonds. The van der Waals surface area contributed by atoms with E-state index >= 15 is 0 Å². The smallest absolute Gasteiger partial charge is 0.123 e. The first-order valence-electron chi connectivity index (χ1n) is 5.47. The molecule has 2 atom stereocenters. The summed E-state index contributed by atoms with van der Waals surface area (Å²) in [6, 6.07) is 4.83. The van der Waals surface area contributed by atoms with Crippen LogP contribution in [-0.4, -0.2) is 11.2 Å². The molecular formula is C13H19FO. The van der Waals surface area contributed by atoms with Gasteiger partial charge in [-0.15, -0.1) is 0 Å². The zero-order valence-electron chi connectivity index (χ0n) is 9.63. The molecule has 0 radical (unpaired) electrons. The Hall–Kier alpha value is -0.890. The van der Waals surface area contributed by atoms with Crippen LogP contribution in [0.3, 0.4) is 0 Å². The van der Waals surface area contributed by atoms with E-state index in [1.165, 1.54) is 6.07 Å². The molecule has 1 rings (SSSR count). The molecule has 0 aliphatic heterocycles. The Morgan fingerprint density at radius 2 is 2.07 bits per heavy atom. The summed E-state index contributed by atoms with van der Waals surface area (Å²) < 4.78 is 12.9. The minimum absolute atomic E-state index is 0.194. The van der Waals surface area contributed by atoms with Gasteiger partial charge in [0.1, 0.15) is 5.82 Å². The summed E-state index contributed by atoms with van der Waals surface area (Å²) >= 11 is 0. The molecule has 1 aromatic carbocycles. The lowest BCUT2D eigenvalue weighted by Gasteiger charge is -2.18. The second-order valence-electron chi connectivity index (χ2n) is 4.23. The van der Waals surface area contributed by atoms with Crippen molar-refractivity contribution in [1.82, 2.24) is 0 Å². The maximum Gasteiger partial charge on any atom is 0.123 e. The third-order valence-electron chi connectivity index (χ3n) is 2.92. The first-order valence-corrected chi connectivity index (χ1v) is 5.47. The summed E-state index contributed by atoms with van der Waals surface area (Å²) in [5, 5.41) is 9.66. The quantitative estimate of drug-likeness (QED) is 0.809. The Bertz CT molecular complexity index is 322. The summed E-state index contributed by atoms with van der Waals surface area (Å²) in [7, 11) is 0. The van der Waals surface area contributed by atoms with Crippen molar-refractivity contribution >= 4 is 0 Å². The first kappa shape index (κ1) is 12.2. The second-order valence-corrected chi connectivity index (χ2v) is 4.23. The van der Waals surface area contributed by atoms with Crippen molar-refractivity contribution in [3.05, 3.63) is 35.1 Å². The van der Waals surface area contributed by atoms with Crippen molar-refractivity contribution < 1.29 is 9.50 Å². The molecule has 15 heavy (non-hydrogen) atoms. The summed E-state index contributed by atoms with van der Waals surface area (Å²) in [5.41, 5.74) is 2.08. The van der Waals surface area contributed by atoms with Crippen LogP contribution in [0, 0.1) is 18.7 Å². The van der Waals surface area contributed by atoms with Crippen molar-refractivity contribution in [3.63, 3.8) is 0 Å². The zero-order chi connectivity index (χ0) is 11.4. The highest BCUT2D eigenvalue weighted by molar-refractivity contribution is 5.26. The van der Waals surface area contributed by atoms with Crippen LogP contribution in [0.4, 0.5) is 4.39 Å². The van der Waals surface area contributed by atoms with Crippen molar-refractivity contribution in [2.45, 2.75) is 39.7 Å². The van der Waals surface area contributed by atoms with Crippen LogP contribution >= 0.6 is 0 Å². The molecule has 1 N–H and O–H groups in total. The van der Waals surface area contributed by atoms with Crippen LogP contribution < -0.4 is 0 Å². The molecule has 0 saturated carbocycles. The van der Waals surface area contributed by atoms with Crippen LogP contribution in [0.1, 0.15) is 31.4 Å². The lowest BCUT2D eigenvalue weighted by molar-refractivity contribution is 0.112. The largest absolute Gasteiger partial charge is 0.393 e. The molecule has 0 heterocycles. The number of hydrogen-bond acceptors (Lipinski definition) is 1. The summed E-state index contributed by atoms with van der Waals surface area (Å²) in [6.07, 6.45) is 1.30. The molecule has 0 aliphatic carbocycles. The first-order chi connectivity index (χ1) is 7.04. The number of benzene rings is 1. The molecule has 0 aromatic heterocycles. The van der Waals surface area contributed by atoms with Gasteiger partial charge in [-0.1, -0.05) is 19.9 Å². The van der Waals surface area contributed by atoms with E-state index < -0.39 is 0 Å². The maximum atomic E-state index is 12.9. The molecule has 0 saturated heterocycles. The van der Waals surface area contributed by atoms with Gasteiger partial charge in [-0.25, -0.2) is 4.39 Å². The molecule has 1 aromatic rings. The predicted molar refractivity (Wildman–Crippen MR) is 60.3 cm³/mol. The Morgan fingerprint density at radius 3 is 2.60 bits per heavy atom. The molecular weight excluding hydrogens is 191 g/mol. The van der Waals surface area contributed by atoms with Crippen LogP contribution in [0.15, 0.2) is 18.2 Å². The van der Waals surface area contributed by atoms with E-state index in [1.54, 1.807) is 6.07 Å². The summed E-state index contributed by atoms with van der Waals surface area (Å²) in [6.45, 7) is 5.90. The van der Waals surface area contributed by atoms with Gasteiger partial charge in [-0.3, -0.25) is 0 Å². The van der Waals surface area contributed by atoms with Gasteiger partial charge >= 0.3 is 0 Å². The second kappa shape index (κ2) is 5.26. The highest BCUT2D eigenvalue weighted by atomic mass is 19.1. The van der Waals surface area contributed by atoms with Gasteiger partial charge in [0.2, 0.25) is 0 Å². The summed E-state index contributed by atoms with van der Waals surface area (Å²) in [4.78, 5) is 0. The molecule has 84 valence electrons. The fourth-order valence-corrected chi connectivity index (χ4v) is 1.77. The van der Waals surface area contributed by atoms with Crippen molar-refractivity contribution in [3.8, 4) is 0 Å². The minimum Gasteiger partial charge on any atom is -0.393 e. The van der Waals surface area contributed by atoms with Crippen molar-refractivity contribution in [2.24, 2.45) is 5.92 Å². The SMILES string of the molecule is CCC(O)C(C)Cc1ccc(F)cc1C. The zero-order valence-corrected chi connectivity index (χ0v) is 9.63. The van der Waals surface area contributed by atoms with Crippen LogP contribution in [-0.2, 0) is 6.42 Å². The van der Waals surface area contributed by atoms with Gasteiger partial charge in [0.25, 0.3) is 0 Å². The van der Waals surface area contributed by atoms with Crippen molar-refractivity contribution in [1.29, 1.82) is 0 Å². The Morgan fingerprint density at radius 1 is 1.40 bits per heavy atom. The van der Waals surface area contributed by atoms with Gasteiger partial charge < -0.3 is 5.11 Å². The third kappa shape index (κ3) is 3.31. The molecule has 1 nitrogen and oxygen atoms in total. The van der Waals surface area contributed by atoms with E-state index in [0.717, 1.165) is 24.0 Å². The third-order valence-corrected chi connectivity index (χ3v) is 2.92. The van der Waals surface area contributed by atoms with E-state index in [1.807, 2.05) is 26.8 Å². The standard InChI is InChI=1S/C13H19FO/c1-4-13(15)10(3)7-11-5-6-12(14)8-9(11)2/h5-6,8,10,13,15H,4,7H2,1-3H3. The predicted octanol–water partition coefficient (Wildman–Crippen LogP) is 3.08. The molecule has 0 bridgehead atoms. The van der Waals surface area contributed by atoms with E-state index in [-0.39, 0.29) is 17.8 Å². The fourth-order valence-electron chi connectivity index (χ4n) is 1.77. The number of halogens is 1. The van der Waals surface area contributed by atoms with Crippen LogP contribution in [0.2, 0.25) is 0 Å². The number of aliphatic hydroxyl groups excluding tert-OH is 1. The number of aliphatic hydroxyl groups is 1. The van der Waals surface area contributed by atoms with E-state index in [2.05, 4.69) is 0 Å². The van der Waals surface area contributed by atoms with Gasteiger partial charge in [-0.2, -0.15) is 0 Å². The van der Waals surface area contributed by atoms with E-state index in [0.29, 0.717) is 0 Å². The fraction of sp³-hybridized carbons (Fsp3) is 0.538. The van der Waals surface area contributed by atoms with Gasteiger partial charge in [0, 0.05) is 0 Å². The maximum absolute atomic E-state index is 12.9. The molecule has 0 spiro atoms. The minimum atomic E-state index is -0.269. The van der Waals surface area contributed by atoms with E-state index in [9.17, 15) is 9.50 Å². The Kier molecular flexibility index (Phi) is 4.28. The summed E-state index contributed by atoms with van der Waals surface area (Å²) in [5.74, 6) is 0.0269.